The summed E-state index contributed by atoms with van der Waals surface area (Å²) < 4.78 is 0. The van der Waals surface area contributed by atoms with Crippen molar-refractivity contribution in [1.82, 2.24) is 4.90 Å². The molecule has 0 bridgehead atoms. The molecule has 0 radical (unpaired) electrons. The Bertz CT molecular complexity index is 174. The molecular weight excluding hydrogens is 268 g/mol. The molecule has 1 saturated heterocycles. The molecule has 0 atom stereocenters. The van der Waals surface area contributed by atoms with Crippen LogP contribution in [0.25, 0.3) is 0 Å². The zero-order valence-electron chi connectivity index (χ0n) is 12.1. The van der Waals surface area contributed by atoms with Crippen LogP contribution < -0.4 is 58.2 Å². The van der Waals surface area contributed by atoms with Gasteiger partial charge in [-0.3, -0.25) is 0 Å². The number of hydrogen-bond acceptors (Lipinski definition) is 1. The second-order valence-corrected chi connectivity index (χ2v) is 5.30. The maximum absolute atomic E-state index is 2.53. The minimum absolute atomic E-state index is 0. The summed E-state index contributed by atoms with van der Waals surface area (Å²) in [6.07, 6.45) is 8.63. The molecule has 1 saturated carbocycles. The number of rotatable bonds is 0. The maximum atomic E-state index is 2.53. The van der Waals surface area contributed by atoms with Crippen molar-refractivity contribution in [2.45, 2.75) is 59.3 Å². The minimum atomic E-state index is 0. The van der Waals surface area contributed by atoms with Crippen molar-refractivity contribution in [2.75, 3.05) is 20.1 Å². The van der Waals surface area contributed by atoms with E-state index in [0.717, 1.165) is 0 Å². The second kappa shape index (κ2) is 8.80. The van der Waals surface area contributed by atoms with E-state index < -0.39 is 0 Å². The van der Waals surface area contributed by atoms with Gasteiger partial charge in [-0.25, -0.2) is 0 Å². The van der Waals surface area contributed by atoms with Crippen LogP contribution in [0.3, 0.4) is 0 Å². The van der Waals surface area contributed by atoms with E-state index in [1.807, 2.05) is 13.8 Å². The first-order valence-electron chi connectivity index (χ1n) is 6.70. The van der Waals surface area contributed by atoms with Crippen LogP contribution in [0, 0.1) is 11.3 Å². The van der Waals surface area contributed by atoms with Gasteiger partial charge in [-0.05, 0) is 31.8 Å². The zero-order valence-corrected chi connectivity index (χ0v) is 17.0. The fourth-order valence-electron chi connectivity index (χ4n) is 3.07. The number of likely N-dealkylation sites (tertiary alicyclic amines) is 1. The van der Waals surface area contributed by atoms with Crippen LogP contribution in [0.4, 0.5) is 0 Å². The predicted molar refractivity (Wildman–Crippen MR) is 67.9 cm³/mol. The van der Waals surface area contributed by atoms with Crippen molar-refractivity contribution in [3.8, 4) is 0 Å². The van der Waals surface area contributed by atoms with Crippen LogP contribution in [0.5, 0.6) is 0 Å². The monoisotopic (exact) mass is 295 g/mol. The molecule has 2 rings (SSSR count). The normalized spacial score (nSPS) is 25.5. The van der Waals surface area contributed by atoms with Crippen LogP contribution >= 0.6 is 0 Å². The summed E-state index contributed by atoms with van der Waals surface area (Å²) in [5.41, 5.74) is 0.715. The average Bonchev–Trinajstić information content (AvgIpc) is 2.26. The summed E-state index contributed by atoms with van der Waals surface area (Å²) in [4.78, 5) is 2.53. The van der Waals surface area contributed by atoms with Gasteiger partial charge in [0.05, 0.1) is 0 Å². The van der Waals surface area contributed by atoms with Crippen molar-refractivity contribution in [1.29, 1.82) is 0 Å². The quantitative estimate of drug-likeness (QED) is 0.600. The maximum Gasteiger partial charge on any atom is 1.00 e. The van der Waals surface area contributed by atoms with Gasteiger partial charge in [0.1, 0.15) is 0 Å². The van der Waals surface area contributed by atoms with Crippen molar-refractivity contribution in [2.24, 2.45) is 5.41 Å². The van der Waals surface area contributed by atoms with Crippen LogP contribution in [0.2, 0.25) is 0 Å². The summed E-state index contributed by atoms with van der Waals surface area (Å²) >= 11 is 0. The standard InChI is InChI=1S/C12H22N.C2H6.Rb/c1-11-4-7-12(8-5-11)6-3-9-13(2)10-12;1-2;/h3-10H2,1-2H3;1-2H3;/q-1;;+1. The van der Waals surface area contributed by atoms with E-state index in [1.165, 1.54) is 51.6 Å². The van der Waals surface area contributed by atoms with Crippen molar-refractivity contribution < 1.29 is 58.2 Å². The Hall–Kier alpha value is 1.77. The molecule has 1 aliphatic heterocycles. The molecule has 0 unspecified atom stereocenters. The van der Waals surface area contributed by atoms with E-state index in [1.54, 1.807) is 5.92 Å². The van der Waals surface area contributed by atoms with E-state index in [0.29, 0.717) is 5.41 Å². The molecule has 0 aromatic heterocycles. The van der Waals surface area contributed by atoms with Crippen LogP contribution in [-0.4, -0.2) is 25.0 Å². The Morgan fingerprint density at radius 1 is 1.06 bits per heavy atom. The third-order valence-electron chi connectivity index (χ3n) is 4.02. The van der Waals surface area contributed by atoms with Crippen molar-refractivity contribution in [3.05, 3.63) is 5.92 Å². The number of piperidine rings is 1. The topological polar surface area (TPSA) is 3.24 Å². The van der Waals surface area contributed by atoms with Gasteiger partial charge in [0.25, 0.3) is 0 Å². The van der Waals surface area contributed by atoms with Crippen LogP contribution in [0.1, 0.15) is 59.3 Å². The van der Waals surface area contributed by atoms with E-state index in [4.69, 9.17) is 0 Å². The van der Waals surface area contributed by atoms with Gasteiger partial charge in [0.15, 0.2) is 0 Å². The first-order chi connectivity index (χ1) is 7.20. The van der Waals surface area contributed by atoms with Gasteiger partial charge in [-0.1, -0.05) is 26.7 Å². The van der Waals surface area contributed by atoms with Gasteiger partial charge in [-0.15, -0.1) is 0 Å². The SMILES string of the molecule is CC.C[C-]1CCC2(CCCN(C)C2)CC1.[Rb+]. The molecule has 1 heterocycles. The Kier molecular flexibility index (Phi) is 9.77. The van der Waals surface area contributed by atoms with E-state index in [9.17, 15) is 0 Å². The average molecular weight is 296 g/mol. The predicted octanol–water partition coefficient (Wildman–Crippen LogP) is 0.897. The molecule has 0 aromatic rings. The van der Waals surface area contributed by atoms with E-state index in [2.05, 4.69) is 18.9 Å². The molecule has 2 fully saturated rings. The summed E-state index contributed by atoms with van der Waals surface area (Å²) in [6, 6.07) is 0. The largest absolute Gasteiger partial charge is 1.00 e. The molecule has 1 spiro atoms. The molecule has 0 N–H and O–H groups in total. The summed E-state index contributed by atoms with van der Waals surface area (Å²) in [6.45, 7) is 9.02. The first kappa shape index (κ1) is 17.8. The Morgan fingerprint density at radius 2 is 1.62 bits per heavy atom. The smallest absolute Gasteiger partial charge is 0.317 e. The molecule has 2 heteroatoms. The second-order valence-electron chi connectivity index (χ2n) is 5.30. The molecule has 16 heavy (non-hydrogen) atoms. The van der Waals surface area contributed by atoms with Gasteiger partial charge in [0, 0.05) is 6.54 Å². The number of nitrogens with zero attached hydrogens (tertiary/aromatic N) is 1. The Balaban J connectivity index is 0.000000711. The zero-order chi connectivity index (χ0) is 11.3. The fourth-order valence-corrected chi connectivity index (χ4v) is 3.07. The molecule has 90 valence electrons. The van der Waals surface area contributed by atoms with Gasteiger partial charge < -0.3 is 10.8 Å². The Labute approximate surface area is 152 Å². The summed E-state index contributed by atoms with van der Waals surface area (Å²) in [5.74, 6) is 1.74. The summed E-state index contributed by atoms with van der Waals surface area (Å²) in [5, 5.41) is 0. The van der Waals surface area contributed by atoms with Gasteiger partial charge in [0.2, 0.25) is 0 Å². The third-order valence-corrected chi connectivity index (χ3v) is 4.02. The third kappa shape index (κ3) is 5.18. The molecule has 1 aliphatic carbocycles. The first-order valence-corrected chi connectivity index (χ1v) is 6.70. The Morgan fingerprint density at radius 3 is 2.12 bits per heavy atom. The van der Waals surface area contributed by atoms with Crippen molar-refractivity contribution >= 4 is 0 Å². The van der Waals surface area contributed by atoms with Crippen LogP contribution in [0.15, 0.2) is 0 Å². The van der Waals surface area contributed by atoms with E-state index in [-0.39, 0.29) is 58.2 Å². The summed E-state index contributed by atoms with van der Waals surface area (Å²) in [7, 11) is 2.28. The van der Waals surface area contributed by atoms with Crippen LogP contribution in [-0.2, 0) is 0 Å². The molecule has 0 aromatic carbocycles. The van der Waals surface area contributed by atoms with Gasteiger partial charge >= 0.3 is 58.2 Å². The molecular formula is C14H28NRb. The molecule has 0 amide bonds. The van der Waals surface area contributed by atoms with Crippen molar-refractivity contribution in [3.63, 3.8) is 0 Å². The fraction of sp³-hybridized carbons (Fsp3) is 0.929. The van der Waals surface area contributed by atoms with E-state index >= 15 is 0 Å². The number of hydrogen-bond donors (Lipinski definition) is 0. The minimum Gasteiger partial charge on any atom is -0.317 e. The molecule has 2 aliphatic rings. The molecule has 1 nitrogen and oxygen atoms in total. The van der Waals surface area contributed by atoms with Gasteiger partial charge in [-0.2, -0.15) is 19.8 Å².